The van der Waals surface area contributed by atoms with E-state index < -0.39 is 0 Å². The zero-order valence-corrected chi connectivity index (χ0v) is 19.2. The van der Waals surface area contributed by atoms with Crippen LogP contribution in [-0.4, -0.2) is 50.9 Å². The molecule has 1 aliphatic heterocycles. The molecule has 0 bridgehead atoms. The quantitative estimate of drug-likeness (QED) is 0.632. The largest absolute Gasteiger partial charge is 0.539 e. The van der Waals surface area contributed by atoms with E-state index in [1.165, 1.54) is 25.0 Å². The highest BCUT2D eigenvalue weighted by atomic mass is 16.2. The van der Waals surface area contributed by atoms with E-state index in [9.17, 15) is 9.59 Å². The summed E-state index contributed by atoms with van der Waals surface area (Å²) >= 11 is 0. The molecule has 1 aromatic heterocycles. The molecular weight excluding hydrogens is 432 g/mol. The lowest BCUT2D eigenvalue weighted by Crippen LogP contribution is -2.55. The third-order valence-corrected chi connectivity index (χ3v) is 6.65. The number of urea groups is 1. The molecular formula is C24H22N8O2. The second-order valence-electron chi connectivity index (χ2n) is 8.78. The summed E-state index contributed by atoms with van der Waals surface area (Å²) in [4.78, 5) is 24.1. The molecule has 0 aromatic carbocycles. The van der Waals surface area contributed by atoms with E-state index >= 15 is 0 Å². The minimum Gasteiger partial charge on any atom is -0.369 e. The number of allylic oxidation sites excluding steroid dienone is 12. The molecule has 34 heavy (non-hydrogen) atoms. The number of amidine groups is 1. The number of amides is 2. The van der Waals surface area contributed by atoms with Crippen molar-refractivity contribution in [3.8, 4) is 0 Å². The van der Waals surface area contributed by atoms with Gasteiger partial charge >= 0.3 is 11.7 Å². The summed E-state index contributed by atoms with van der Waals surface area (Å²) in [5.74, 6) is 1.28. The van der Waals surface area contributed by atoms with E-state index in [0.717, 1.165) is 27.9 Å². The van der Waals surface area contributed by atoms with E-state index in [4.69, 9.17) is 0 Å². The smallest absolute Gasteiger partial charge is 0.369 e. The molecule has 2 atom stereocenters. The van der Waals surface area contributed by atoms with Crippen molar-refractivity contribution in [2.75, 3.05) is 14.1 Å². The van der Waals surface area contributed by atoms with Crippen LogP contribution in [0, 0.1) is 11.8 Å². The average molecular weight is 454 g/mol. The molecule has 10 nitrogen and oxygen atoms in total. The molecule has 1 aromatic rings. The van der Waals surface area contributed by atoms with Gasteiger partial charge in [-0.15, -0.1) is 0 Å². The van der Waals surface area contributed by atoms with Gasteiger partial charge in [0.25, 0.3) is 0 Å². The van der Waals surface area contributed by atoms with Gasteiger partial charge in [0.05, 0.1) is 0 Å². The first-order valence-corrected chi connectivity index (χ1v) is 10.9. The summed E-state index contributed by atoms with van der Waals surface area (Å²) in [5.41, 5.74) is 10.5. The van der Waals surface area contributed by atoms with Gasteiger partial charge in [0, 0.05) is 31.5 Å². The van der Waals surface area contributed by atoms with Crippen molar-refractivity contribution < 1.29 is 9.48 Å². The van der Waals surface area contributed by atoms with Gasteiger partial charge in [-0.1, -0.05) is 68.2 Å². The van der Waals surface area contributed by atoms with E-state index in [1.807, 2.05) is 6.08 Å². The average Bonchev–Trinajstić information content (AvgIpc) is 2.83. The van der Waals surface area contributed by atoms with Gasteiger partial charge in [0.15, 0.2) is 0 Å². The Balaban J connectivity index is 1.46. The highest BCUT2D eigenvalue weighted by Gasteiger charge is 2.41. The van der Waals surface area contributed by atoms with Crippen LogP contribution in [0.1, 0.15) is 5.82 Å². The molecule has 0 saturated heterocycles. The van der Waals surface area contributed by atoms with Crippen molar-refractivity contribution >= 4 is 17.4 Å². The highest BCUT2D eigenvalue weighted by Crippen LogP contribution is 2.52. The summed E-state index contributed by atoms with van der Waals surface area (Å²) in [5, 5.41) is 15.8. The molecule has 170 valence electrons. The monoisotopic (exact) mass is 454 g/mol. The van der Waals surface area contributed by atoms with Crippen molar-refractivity contribution in [1.29, 1.82) is 0 Å². The maximum absolute atomic E-state index is 12.1. The maximum Gasteiger partial charge on any atom is 0.539 e. The molecule has 2 heterocycles. The van der Waals surface area contributed by atoms with Crippen molar-refractivity contribution in [3.63, 3.8) is 0 Å². The Bertz CT molecular complexity index is 1450. The number of aromatic nitrogens is 4. The molecule has 0 saturated carbocycles. The molecule has 0 fully saturated rings. The van der Waals surface area contributed by atoms with Gasteiger partial charge in [-0.25, -0.2) is 4.79 Å². The van der Waals surface area contributed by atoms with E-state index in [0.29, 0.717) is 11.7 Å². The number of hydrazone groups is 1. The fraction of sp³-hybridized carbons (Fsp3) is 0.250. The van der Waals surface area contributed by atoms with Gasteiger partial charge in [-0.05, 0) is 33.7 Å². The SMILES string of the molecule is CN1N=C(C2=CC3=CC=C4C(c5nn(C)c(=O)[n+](C)n5)=CC=C5C=CC(=C2)C3C54)[N-]N(C)C1=O. The predicted molar refractivity (Wildman–Crippen MR) is 125 cm³/mol. The third-order valence-electron chi connectivity index (χ3n) is 6.65. The standard InChI is InChI=1S/C24H22N8O2/c1-29-23(33)30(2)26-21(25-29)16-11-14-6-5-13-7-10-18(22-27-31(3)24(34)32(4)28-22)17-9-8-15(12-16)19(14)20(13)17/h5-12,19-20H,1-4H3. The van der Waals surface area contributed by atoms with Crippen molar-refractivity contribution in [3.05, 3.63) is 98.2 Å². The van der Waals surface area contributed by atoms with Crippen LogP contribution in [0.4, 0.5) is 4.79 Å². The maximum atomic E-state index is 12.1. The van der Waals surface area contributed by atoms with E-state index in [1.54, 1.807) is 28.2 Å². The first-order chi connectivity index (χ1) is 16.3. The number of hydrogen-bond acceptors (Lipinski definition) is 5. The second kappa shape index (κ2) is 7.08. The Morgan fingerprint density at radius 2 is 1.71 bits per heavy atom. The van der Waals surface area contributed by atoms with Crippen LogP contribution in [0.25, 0.3) is 11.0 Å². The molecule has 0 N–H and O–H groups in total. The molecule has 5 aliphatic rings. The minimum absolute atomic E-state index is 0.123. The summed E-state index contributed by atoms with van der Waals surface area (Å²) in [6, 6.07) is -0.280. The molecule has 0 radical (unpaired) electrons. The molecule has 10 heteroatoms. The van der Waals surface area contributed by atoms with Gasteiger partial charge in [-0.3, -0.25) is 0 Å². The molecule has 0 spiro atoms. The normalized spacial score (nSPS) is 24.7. The number of carbonyl (C=O) groups is 1. The fourth-order valence-electron chi connectivity index (χ4n) is 5.05. The third kappa shape index (κ3) is 2.88. The van der Waals surface area contributed by atoms with Gasteiger partial charge in [0.1, 0.15) is 14.1 Å². The van der Waals surface area contributed by atoms with Crippen LogP contribution in [0.5, 0.6) is 0 Å². The Labute approximate surface area is 195 Å². The Hall–Kier alpha value is -4.34. The van der Waals surface area contributed by atoms with Gasteiger partial charge < -0.3 is 20.5 Å². The highest BCUT2D eigenvalue weighted by molar-refractivity contribution is 6.13. The Morgan fingerprint density at radius 3 is 2.47 bits per heavy atom. The number of rotatable bonds is 2. The number of aryl methyl sites for hydroxylation is 2. The van der Waals surface area contributed by atoms with E-state index in [2.05, 4.69) is 63.3 Å². The molecule has 4 aliphatic carbocycles. The van der Waals surface area contributed by atoms with Crippen LogP contribution < -0.4 is 10.4 Å². The van der Waals surface area contributed by atoms with Crippen molar-refractivity contribution in [2.24, 2.45) is 31.0 Å². The summed E-state index contributed by atoms with van der Waals surface area (Å²) in [7, 11) is 6.50. The zero-order valence-electron chi connectivity index (χ0n) is 19.2. The number of nitrogens with zero attached hydrogens (tertiary/aromatic N) is 8. The zero-order chi connectivity index (χ0) is 23.7. The van der Waals surface area contributed by atoms with E-state index in [-0.39, 0.29) is 23.6 Å². The molecule has 6 rings (SSSR count). The lowest BCUT2D eigenvalue weighted by Gasteiger charge is -2.43. The van der Waals surface area contributed by atoms with Crippen LogP contribution in [0.2, 0.25) is 0 Å². The number of hydrogen-bond donors (Lipinski definition) is 0. The first kappa shape index (κ1) is 20.3. The topological polar surface area (TPSA) is 102 Å². The summed E-state index contributed by atoms with van der Waals surface area (Å²) in [6.07, 6.45) is 16.8. The summed E-state index contributed by atoms with van der Waals surface area (Å²) < 4.78 is 2.62. The van der Waals surface area contributed by atoms with Crippen LogP contribution in [0.15, 0.2) is 86.4 Å². The van der Waals surface area contributed by atoms with Gasteiger partial charge in [0.2, 0.25) is 5.82 Å². The van der Waals surface area contributed by atoms with Crippen molar-refractivity contribution in [1.82, 2.24) is 24.9 Å². The predicted octanol–water partition coefficient (Wildman–Crippen LogP) is 1.46. The molecule has 2 unspecified atom stereocenters. The lowest BCUT2D eigenvalue weighted by molar-refractivity contribution is -0.750. The van der Waals surface area contributed by atoms with Crippen molar-refractivity contribution in [2.45, 2.75) is 0 Å². The minimum atomic E-state index is -0.280. The fourth-order valence-corrected chi connectivity index (χ4v) is 5.05. The number of carbonyl (C=O) groups excluding carboxylic acids is 1. The van der Waals surface area contributed by atoms with Crippen LogP contribution in [-0.2, 0) is 14.1 Å². The molecule has 2 amide bonds. The Kier molecular flexibility index (Phi) is 4.22. The van der Waals surface area contributed by atoms with Gasteiger partial charge in [-0.2, -0.15) is 4.79 Å². The van der Waals surface area contributed by atoms with Crippen LogP contribution >= 0.6 is 0 Å². The lowest BCUT2D eigenvalue weighted by atomic mass is 9.62. The first-order valence-electron chi connectivity index (χ1n) is 10.9. The van der Waals surface area contributed by atoms with Crippen LogP contribution in [0.3, 0.4) is 0 Å². The second-order valence-corrected chi connectivity index (χ2v) is 8.78. The summed E-state index contributed by atoms with van der Waals surface area (Å²) in [6.45, 7) is 0. The Morgan fingerprint density at radius 1 is 0.941 bits per heavy atom.